The number of para-hydroxylation sites is 2. The third kappa shape index (κ3) is 3.65. The summed E-state index contributed by atoms with van der Waals surface area (Å²) in [6.45, 7) is 1.80. The maximum atomic E-state index is 11.8. The largest absolute Gasteiger partial charge is 0.482 e. The Bertz CT molecular complexity index is 629. The van der Waals surface area contributed by atoms with Gasteiger partial charge in [-0.1, -0.05) is 29.8 Å². The summed E-state index contributed by atoms with van der Waals surface area (Å²) in [5.41, 5.74) is 7.81. The number of hydrogen-bond donors (Lipinski definition) is 2. The molecule has 0 radical (unpaired) electrons. The maximum Gasteiger partial charge on any atom is 0.262 e. The van der Waals surface area contributed by atoms with Gasteiger partial charge in [-0.2, -0.15) is 0 Å². The molecule has 0 aliphatic carbocycles. The summed E-state index contributed by atoms with van der Waals surface area (Å²) in [6, 6.07) is 12.4. The number of anilines is 2. The van der Waals surface area contributed by atoms with Crippen LogP contribution >= 0.6 is 11.6 Å². The minimum Gasteiger partial charge on any atom is -0.482 e. The van der Waals surface area contributed by atoms with Gasteiger partial charge in [-0.3, -0.25) is 4.79 Å². The molecule has 0 fully saturated rings. The highest BCUT2D eigenvalue weighted by atomic mass is 35.5. The monoisotopic (exact) mass is 290 g/mol. The summed E-state index contributed by atoms with van der Waals surface area (Å²) < 4.78 is 5.35. The van der Waals surface area contributed by atoms with Crippen molar-refractivity contribution < 1.29 is 9.53 Å². The second-order valence-electron chi connectivity index (χ2n) is 4.36. The molecule has 3 N–H and O–H groups in total. The van der Waals surface area contributed by atoms with Crippen LogP contribution in [0.5, 0.6) is 5.75 Å². The van der Waals surface area contributed by atoms with E-state index in [1.807, 2.05) is 13.0 Å². The Morgan fingerprint density at radius 3 is 2.75 bits per heavy atom. The van der Waals surface area contributed by atoms with E-state index in [9.17, 15) is 4.79 Å². The van der Waals surface area contributed by atoms with E-state index in [1.165, 1.54) is 0 Å². The van der Waals surface area contributed by atoms with E-state index in [-0.39, 0.29) is 12.5 Å². The minimum atomic E-state index is -0.293. The molecular weight excluding hydrogens is 276 g/mol. The molecule has 20 heavy (non-hydrogen) atoms. The molecule has 1 amide bonds. The first kappa shape index (κ1) is 14.2. The average Bonchev–Trinajstić information content (AvgIpc) is 2.41. The zero-order valence-electron chi connectivity index (χ0n) is 11.0. The summed E-state index contributed by atoms with van der Waals surface area (Å²) in [6.07, 6.45) is 0. The lowest BCUT2D eigenvalue weighted by atomic mass is 10.2. The van der Waals surface area contributed by atoms with Crippen LogP contribution in [0.1, 0.15) is 5.56 Å². The second-order valence-corrected chi connectivity index (χ2v) is 4.77. The third-order valence-corrected chi connectivity index (χ3v) is 2.99. The summed E-state index contributed by atoms with van der Waals surface area (Å²) in [5, 5.41) is 3.19. The standard InChI is InChI=1S/C15H15ClN2O2/c1-10-6-7-13(11(16)8-10)18-15(19)9-20-14-5-3-2-4-12(14)17/h2-8H,9,17H2,1H3,(H,18,19). The number of rotatable bonds is 4. The highest BCUT2D eigenvalue weighted by molar-refractivity contribution is 6.33. The van der Waals surface area contributed by atoms with Gasteiger partial charge < -0.3 is 15.8 Å². The SMILES string of the molecule is Cc1ccc(NC(=O)COc2ccccc2N)c(Cl)c1. The minimum absolute atomic E-state index is 0.127. The number of hydrogen-bond acceptors (Lipinski definition) is 3. The van der Waals surface area contributed by atoms with Crippen molar-refractivity contribution >= 4 is 28.9 Å². The molecular formula is C15H15ClN2O2. The molecule has 0 aromatic heterocycles. The van der Waals surface area contributed by atoms with Crippen LogP contribution in [0.4, 0.5) is 11.4 Å². The Morgan fingerprint density at radius 1 is 1.30 bits per heavy atom. The van der Waals surface area contributed by atoms with Crippen LogP contribution in [0.3, 0.4) is 0 Å². The Labute approximate surface area is 122 Å². The fourth-order valence-corrected chi connectivity index (χ4v) is 1.95. The van der Waals surface area contributed by atoms with Crippen LogP contribution in [0.2, 0.25) is 5.02 Å². The number of carbonyl (C=O) groups is 1. The molecule has 2 aromatic carbocycles. The Kier molecular flexibility index (Phi) is 4.48. The van der Waals surface area contributed by atoms with E-state index in [0.29, 0.717) is 22.1 Å². The topological polar surface area (TPSA) is 64.3 Å². The van der Waals surface area contributed by atoms with E-state index < -0.39 is 0 Å². The smallest absolute Gasteiger partial charge is 0.262 e. The molecule has 0 saturated carbocycles. The maximum absolute atomic E-state index is 11.8. The van der Waals surface area contributed by atoms with Gasteiger partial charge in [-0.05, 0) is 36.8 Å². The average molecular weight is 291 g/mol. The van der Waals surface area contributed by atoms with Crippen molar-refractivity contribution in [1.29, 1.82) is 0 Å². The normalized spacial score (nSPS) is 10.1. The lowest BCUT2D eigenvalue weighted by Gasteiger charge is -2.10. The van der Waals surface area contributed by atoms with Gasteiger partial charge in [-0.25, -0.2) is 0 Å². The molecule has 0 bridgehead atoms. The van der Waals surface area contributed by atoms with Gasteiger partial charge in [0.25, 0.3) is 5.91 Å². The van der Waals surface area contributed by atoms with Crippen LogP contribution in [0.25, 0.3) is 0 Å². The fraction of sp³-hybridized carbons (Fsp3) is 0.133. The highest BCUT2D eigenvalue weighted by Gasteiger charge is 2.07. The highest BCUT2D eigenvalue weighted by Crippen LogP contribution is 2.23. The predicted molar refractivity (Wildman–Crippen MR) is 81.2 cm³/mol. The molecule has 0 aliphatic rings. The number of nitrogens with one attached hydrogen (secondary N) is 1. The molecule has 104 valence electrons. The molecule has 2 aromatic rings. The van der Waals surface area contributed by atoms with Crippen LogP contribution in [0.15, 0.2) is 42.5 Å². The first-order valence-corrected chi connectivity index (χ1v) is 6.47. The fourth-order valence-electron chi connectivity index (χ4n) is 1.66. The zero-order valence-corrected chi connectivity index (χ0v) is 11.8. The molecule has 0 spiro atoms. The molecule has 0 atom stereocenters. The number of ether oxygens (including phenoxy) is 1. The lowest BCUT2D eigenvalue weighted by molar-refractivity contribution is -0.118. The predicted octanol–water partition coefficient (Wildman–Crippen LogP) is 3.25. The number of nitrogens with two attached hydrogens (primary N) is 1. The number of nitrogen functional groups attached to an aromatic ring is 1. The van der Waals surface area contributed by atoms with Crippen molar-refractivity contribution in [3.8, 4) is 5.75 Å². The van der Waals surface area contributed by atoms with Gasteiger partial charge in [-0.15, -0.1) is 0 Å². The van der Waals surface area contributed by atoms with E-state index in [2.05, 4.69) is 5.32 Å². The summed E-state index contributed by atoms with van der Waals surface area (Å²) >= 11 is 6.04. The third-order valence-electron chi connectivity index (χ3n) is 2.68. The number of halogens is 1. The Morgan fingerprint density at radius 2 is 2.05 bits per heavy atom. The van der Waals surface area contributed by atoms with E-state index in [1.54, 1.807) is 36.4 Å². The van der Waals surface area contributed by atoms with Crippen LogP contribution < -0.4 is 15.8 Å². The van der Waals surface area contributed by atoms with Crippen molar-refractivity contribution in [2.75, 3.05) is 17.7 Å². The molecule has 4 nitrogen and oxygen atoms in total. The molecule has 0 unspecified atom stereocenters. The number of amides is 1. The van der Waals surface area contributed by atoms with Crippen molar-refractivity contribution in [2.45, 2.75) is 6.92 Å². The van der Waals surface area contributed by atoms with Crippen LogP contribution in [-0.2, 0) is 4.79 Å². The van der Waals surface area contributed by atoms with Crippen LogP contribution in [-0.4, -0.2) is 12.5 Å². The summed E-state index contributed by atoms with van der Waals surface area (Å²) in [7, 11) is 0. The molecule has 0 aliphatic heterocycles. The summed E-state index contributed by atoms with van der Waals surface area (Å²) in [4.78, 5) is 11.8. The number of aryl methyl sites for hydroxylation is 1. The van der Waals surface area contributed by atoms with E-state index in [0.717, 1.165) is 5.56 Å². The van der Waals surface area contributed by atoms with Crippen molar-refractivity contribution in [3.05, 3.63) is 53.1 Å². The van der Waals surface area contributed by atoms with E-state index >= 15 is 0 Å². The van der Waals surface area contributed by atoms with Gasteiger partial charge >= 0.3 is 0 Å². The first-order chi connectivity index (χ1) is 9.56. The second kappa shape index (κ2) is 6.30. The number of benzene rings is 2. The lowest BCUT2D eigenvalue weighted by Crippen LogP contribution is -2.20. The van der Waals surface area contributed by atoms with E-state index in [4.69, 9.17) is 22.1 Å². The van der Waals surface area contributed by atoms with Gasteiger partial charge in [0.1, 0.15) is 5.75 Å². The summed E-state index contributed by atoms with van der Waals surface area (Å²) in [5.74, 6) is 0.191. The number of carbonyl (C=O) groups excluding carboxylic acids is 1. The van der Waals surface area contributed by atoms with Crippen molar-refractivity contribution in [2.24, 2.45) is 0 Å². The Hall–Kier alpha value is -2.20. The molecule has 2 rings (SSSR count). The van der Waals surface area contributed by atoms with Gasteiger partial charge in [0.2, 0.25) is 0 Å². The molecule has 0 heterocycles. The quantitative estimate of drug-likeness (QED) is 0.850. The van der Waals surface area contributed by atoms with Crippen molar-refractivity contribution in [3.63, 3.8) is 0 Å². The van der Waals surface area contributed by atoms with Gasteiger partial charge in [0.05, 0.1) is 16.4 Å². The van der Waals surface area contributed by atoms with Crippen molar-refractivity contribution in [1.82, 2.24) is 0 Å². The zero-order chi connectivity index (χ0) is 14.5. The molecule has 5 heteroatoms. The van der Waals surface area contributed by atoms with Gasteiger partial charge in [0.15, 0.2) is 6.61 Å². The molecule has 0 saturated heterocycles. The van der Waals surface area contributed by atoms with Crippen LogP contribution in [0, 0.1) is 6.92 Å². The Balaban J connectivity index is 1.94. The van der Waals surface area contributed by atoms with Gasteiger partial charge in [0, 0.05) is 0 Å². The first-order valence-electron chi connectivity index (χ1n) is 6.09.